The van der Waals surface area contributed by atoms with Crippen LogP contribution in [0.15, 0.2) is 24.3 Å². The van der Waals surface area contributed by atoms with Crippen molar-refractivity contribution < 1.29 is 9.53 Å². The molecule has 1 unspecified atom stereocenters. The summed E-state index contributed by atoms with van der Waals surface area (Å²) < 4.78 is 5.50. The second-order valence-electron chi connectivity index (χ2n) is 5.17. The highest BCUT2D eigenvalue weighted by Crippen LogP contribution is 2.48. The summed E-state index contributed by atoms with van der Waals surface area (Å²) in [6, 6.07) is 8.28. The number of benzene rings is 1. The van der Waals surface area contributed by atoms with Gasteiger partial charge < -0.3 is 10.1 Å². The van der Waals surface area contributed by atoms with E-state index in [9.17, 15) is 4.79 Å². The van der Waals surface area contributed by atoms with Crippen LogP contribution in [0.3, 0.4) is 0 Å². The van der Waals surface area contributed by atoms with Crippen LogP contribution in [0.1, 0.15) is 30.9 Å². The first-order chi connectivity index (χ1) is 9.60. The Balaban J connectivity index is 2.13. The van der Waals surface area contributed by atoms with Crippen molar-refractivity contribution >= 4 is 22.2 Å². The fourth-order valence-electron chi connectivity index (χ4n) is 2.90. The van der Waals surface area contributed by atoms with Crippen LogP contribution in [0.25, 0.3) is 10.4 Å². The van der Waals surface area contributed by atoms with Crippen molar-refractivity contribution in [1.29, 1.82) is 0 Å². The maximum absolute atomic E-state index is 11.2. The van der Waals surface area contributed by atoms with Crippen molar-refractivity contribution in [2.24, 2.45) is 0 Å². The Kier molecular flexibility index (Phi) is 3.26. The van der Waals surface area contributed by atoms with Gasteiger partial charge in [0.25, 0.3) is 0 Å². The average molecular weight is 287 g/mol. The Morgan fingerprint density at radius 1 is 1.45 bits per heavy atom. The number of carbonyl (C=O) groups excluding carboxylic acids is 1. The number of ether oxygens (including phenoxy) is 1. The molecule has 1 atom stereocenters. The molecule has 104 valence electrons. The zero-order chi connectivity index (χ0) is 14.3. The summed E-state index contributed by atoms with van der Waals surface area (Å²) in [5.74, 6) is 1.35. The maximum atomic E-state index is 11.2. The van der Waals surface area contributed by atoms with Crippen LogP contribution in [0.2, 0.25) is 0 Å². The molecule has 0 spiro atoms. The van der Waals surface area contributed by atoms with Gasteiger partial charge in [-0.25, -0.2) is 0 Å². The quantitative estimate of drug-likeness (QED) is 0.905. The minimum absolute atomic E-state index is 0.0255. The van der Waals surface area contributed by atoms with Gasteiger partial charge in [0.15, 0.2) is 0 Å². The van der Waals surface area contributed by atoms with Crippen molar-refractivity contribution in [2.45, 2.75) is 26.2 Å². The first kappa shape index (κ1) is 13.2. The molecule has 1 aromatic heterocycles. The molecule has 1 aliphatic rings. The van der Waals surface area contributed by atoms with Gasteiger partial charge in [0.2, 0.25) is 5.91 Å². The van der Waals surface area contributed by atoms with Gasteiger partial charge in [0.05, 0.1) is 12.1 Å². The third kappa shape index (κ3) is 2.10. The first-order valence-corrected chi connectivity index (χ1v) is 7.49. The number of nitrogens with one attached hydrogen (secondary N) is 1. The third-order valence-electron chi connectivity index (χ3n) is 3.66. The van der Waals surface area contributed by atoms with E-state index in [1.165, 1.54) is 28.5 Å². The largest absolute Gasteiger partial charge is 0.496 e. The molecule has 2 aromatic rings. The van der Waals surface area contributed by atoms with Gasteiger partial charge in [-0.1, -0.05) is 19.1 Å². The number of thiophene rings is 1. The van der Waals surface area contributed by atoms with E-state index in [1.54, 1.807) is 18.4 Å². The summed E-state index contributed by atoms with van der Waals surface area (Å²) in [5.41, 5.74) is 3.82. The van der Waals surface area contributed by atoms with Crippen LogP contribution >= 0.6 is 11.3 Å². The van der Waals surface area contributed by atoms with Crippen molar-refractivity contribution in [3.05, 3.63) is 35.4 Å². The molecule has 3 nitrogen and oxygen atoms in total. The number of amides is 1. The minimum Gasteiger partial charge on any atom is -0.496 e. The molecular weight excluding hydrogens is 270 g/mol. The van der Waals surface area contributed by atoms with Crippen LogP contribution in [0, 0.1) is 0 Å². The first-order valence-electron chi connectivity index (χ1n) is 6.67. The minimum atomic E-state index is -0.0255. The van der Waals surface area contributed by atoms with Gasteiger partial charge in [0, 0.05) is 17.4 Å². The van der Waals surface area contributed by atoms with E-state index in [0.29, 0.717) is 5.92 Å². The Morgan fingerprint density at radius 3 is 2.95 bits per heavy atom. The molecule has 0 saturated carbocycles. The van der Waals surface area contributed by atoms with E-state index in [1.807, 2.05) is 12.1 Å². The molecule has 0 radical (unpaired) electrons. The molecule has 1 aliphatic carbocycles. The van der Waals surface area contributed by atoms with Gasteiger partial charge in [-0.3, -0.25) is 4.79 Å². The molecule has 4 heteroatoms. The fourth-order valence-corrected chi connectivity index (χ4v) is 4.08. The lowest BCUT2D eigenvalue weighted by Gasteiger charge is -2.24. The average Bonchev–Trinajstić information content (AvgIpc) is 2.79. The topological polar surface area (TPSA) is 38.3 Å². The molecule has 1 amide bonds. The molecule has 1 heterocycles. The molecule has 1 N–H and O–H groups in total. The predicted octanol–water partition coefficient (Wildman–Crippen LogP) is 4.04. The van der Waals surface area contributed by atoms with E-state index in [-0.39, 0.29) is 5.91 Å². The monoisotopic (exact) mass is 287 g/mol. The van der Waals surface area contributed by atoms with Gasteiger partial charge in [-0.2, -0.15) is 0 Å². The Hall–Kier alpha value is -1.81. The zero-order valence-electron chi connectivity index (χ0n) is 11.8. The number of hydrogen-bond donors (Lipinski definition) is 1. The Labute approximate surface area is 122 Å². The van der Waals surface area contributed by atoms with Crippen molar-refractivity contribution in [1.82, 2.24) is 0 Å². The highest BCUT2D eigenvalue weighted by Gasteiger charge is 2.26. The molecule has 0 bridgehead atoms. The van der Waals surface area contributed by atoms with Crippen molar-refractivity contribution in [3.8, 4) is 16.2 Å². The lowest BCUT2D eigenvalue weighted by Crippen LogP contribution is -2.08. The number of anilines is 1. The van der Waals surface area contributed by atoms with Gasteiger partial charge in [0.1, 0.15) is 5.75 Å². The highest BCUT2D eigenvalue weighted by molar-refractivity contribution is 7.19. The SMILES string of the molecule is COc1cccc2c1C(C)Cc1cc(NC(C)=O)sc1-2. The Morgan fingerprint density at radius 2 is 2.25 bits per heavy atom. The molecular formula is C16H17NO2S. The summed E-state index contributed by atoms with van der Waals surface area (Å²) in [6.45, 7) is 3.76. The van der Waals surface area contributed by atoms with Gasteiger partial charge in [-0.15, -0.1) is 11.3 Å². The van der Waals surface area contributed by atoms with Crippen molar-refractivity contribution in [3.63, 3.8) is 0 Å². The molecule has 1 aromatic carbocycles. The number of fused-ring (bicyclic) bond motifs is 3. The molecule has 20 heavy (non-hydrogen) atoms. The maximum Gasteiger partial charge on any atom is 0.221 e. The highest BCUT2D eigenvalue weighted by atomic mass is 32.1. The van der Waals surface area contributed by atoms with E-state index in [2.05, 4.69) is 24.4 Å². The number of hydrogen-bond acceptors (Lipinski definition) is 3. The van der Waals surface area contributed by atoms with E-state index < -0.39 is 0 Å². The van der Waals surface area contributed by atoms with Gasteiger partial charge >= 0.3 is 0 Å². The zero-order valence-corrected chi connectivity index (χ0v) is 12.6. The number of methoxy groups -OCH3 is 1. The van der Waals surface area contributed by atoms with E-state index >= 15 is 0 Å². The van der Waals surface area contributed by atoms with Crippen LogP contribution in [-0.4, -0.2) is 13.0 Å². The Bertz CT molecular complexity index is 675. The molecule has 0 fully saturated rings. The lowest BCUT2D eigenvalue weighted by molar-refractivity contribution is -0.114. The van der Waals surface area contributed by atoms with Crippen LogP contribution in [0.5, 0.6) is 5.75 Å². The second-order valence-corrected chi connectivity index (χ2v) is 6.23. The summed E-state index contributed by atoms with van der Waals surface area (Å²) in [5, 5.41) is 3.81. The smallest absolute Gasteiger partial charge is 0.221 e. The van der Waals surface area contributed by atoms with Crippen LogP contribution < -0.4 is 10.1 Å². The summed E-state index contributed by atoms with van der Waals surface area (Å²) in [7, 11) is 1.72. The van der Waals surface area contributed by atoms with E-state index in [4.69, 9.17) is 4.74 Å². The summed E-state index contributed by atoms with van der Waals surface area (Å²) in [6.07, 6.45) is 0.985. The standard InChI is InChI=1S/C16H17NO2S/c1-9-7-11-8-14(17-10(2)18)20-16(11)12-5-4-6-13(19-3)15(9)12/h4-6,8-9H,7H2,1-3H3,(H,17,18). The normalized spacial score (nSPS) is 16.2. The second kappa shape index (κ2) is 4.94. The van der Waals surface area contributed by atoms with Gasteiger partial charge in [-0.05, 0) is 35.6 Å². The molecule has 0 saturated heterocycles. The van der Waals surface area contributed by atoms with E-state index in [0.717, 1.165) is 17.2 Å². The van der Waals surface area contributed by atoms with Crippen molar-refractivity contribution in [2.75, 3.05) is 12.4 Å². The number of carbonyl (C=O) groups is 1. The molecule has 0 aliphatic heterocycles. The predicted molar refractivity (Wildman–Crippen MR) is 82.7 cm³/mol. The summed E-state index contributed by atoms with van der Waals surface area (Å²) >= 11 is 1.64. The summed E-state index contributed by atoms with van der Waals surface area (Å²) in [4.78, 5) is 12.5. The fraction of sp³-hybridized carbons (Fsp3) is 0.312. The van der Waals surface area contributed by atoms with Crippen LogP contribution in [-0.2, 0) is 11.2 Å². The third-order valence-corrected chi connectivity index (χ3v) is 4.78. The molecule has 3 rings (SSSR count). The van der Waals surface area contributed by atoms with Crippen LogP contribution in [0.4, 0.5) is 5.00 Å². The lowest BCUT2D eigenvalue weighted by atomic mass is 9.83. The number of rotatable bonds is 2.